The molecule has 1 atom stereocenters. The minimum absolute atomic E-state index is 0.0104. The Bertz CT molecular complexity index is 955. The lowest BCUT2D eigenvalue weighted by molar-refractivity contribution is -0.137. The second-order valence-corrected chi connectivity index (χ2v) is 8.73. The van der Waals surface area contributed by atoms with Crippen molar-refractivity contribution in [3.63, 3.8) is 0 Å². The van der Waals surface area contributed by atoms with Crippen LogP contribution in [-0.2, 0) is 32.0 Å². The number of hydrogen-bond donors (Lipinski definition) is 0. The summed E-state index contributed by atoms with van der Waals surface area (Å²) in [4.78, 5) is 30.6. The minimum Gasteiger partial charge on any atom is -0.430 e. The summed E-state index contributed by atoms with van der Waals surface area (Å²) in [5, 5.41) is 4.21. The van der Waals surface area contributed by atoms with E-state index in [9.17, 15) is 9.59 Å². The third-order valence-electron chi connectivity index (χ3n) is 6.70. The van der Waals surface area contributed by atoms with E-state index in [2.05, 4.69) is 25.9 Å². The van der Waals surface area contributed by atoms with Crippen molar-refractivity contribution in [2.45, 2.75) is 92.4 Å². The molecule has 0 heterocycles. The van der Waals surface area contributed by atoms with E-state index in [4.69, 9.17) is 9.57 Å². The maximum atomic E-state index is 13.4. The fourth-order valence-corrected chi connectivity index (χ4v) is 5.21. The average molecular weight is 426 g/mol. The van der Waals surface area contributed by atoms with Gasteiger partial charge in [0.15, 0.2) is 5.78 Å². The second kappa shape index (κ2) is 9.80. The summed E-state index contributed by atoms with van der Waals surface area (Å²) in [5.41, 5.74) is 9.19. The molecule has 0 N–H and O–H groups in total. The van der Waals surface area contributed by atoms with Crippen LogP contribution in [0.25, 0.3) is 0 Å². The Balaban J connectivity index is 2.11. The number of carbonyl (C=O) groups excluding carboxylic acids is 2. The number of hydrogen-bond acceptors (Lipinski definition) is 5. The zero-order valence-corrected chi connectivity index (χ0v) is 19.8. The van der Waals surface area contributed by atoms with Crippen LogP contribution in [0.5, 0.6) is 0 Å². The summed E-state index contributed by atoms with van der Waals surface area (Å²) in [6.45, 7) is 12.3. The first-order valence-corrected chi connectivity index (χ1v) is 11.5. The maximum Gasteiger partial charge on any atom is 0.307 e. The molecule has 0 fully saturated rings. The minimum atomic E-state index is -0.407. The summed E-state index contributed by atoms with van der Waals surface area (Å²) in [5.74, 6) is 0.0516. The first kappa shape index (κ1) is 23.2. The normalized spacial score (nSPS) is 19.0. The fraction of sp³-hybridized carbons (Fsp3) is 0.577. The Kier molecular flexibility index (Phi) is 7.34. The molecule has 0 aromatic heterocycles. The quantitative estimate of drug-likeness (QED) is 0.326. The van der Waals surface area contributed by atoms with Crippen LogP contribution in [0.15, 0.2) is 16.5 Å². The summed E-state index contributed by atoms with van der Waals surface area (Å²) >= 11 is 0. The number of nitrogens with zero attached hydrogens (tertiary/aromatic N) is 1. The fourth-order valence-electron chi connectivity index (χ4n) is 5.21. The Hall–Kier alpha value is -2.43. The highest BCUT2D eigenvalue weighted by molar-refractivity contribution is 6.23. The molecule has 0 spiro atoms. The molecule has 31 heavy (non-hydrogen) atoms. The van der Waals surface area contributed by atoms with Crippen molar-refractivity contribution in [3.05, 3.63) is 44.7 Å². The van der Waals surface area contributed by atoms with Crippen LogP contribution in [0.3, 0.4) is 0 Å². The highest BCUT2D eigenvalue weighted by atomic mass is 16.6. The SMILES string of the molecule is CCC/C(=N\OCC)C1=C(OC(C)=O)CC(c2c(C)c(C)c(C)c3c2CCC3)CC1=O. The van der Waals surface area contributed by atoms with Crippen LogP contribution in [0.1, 0.15) is 92.2 Å². The van der Waals surface area contributed by atoms with E-state index in [0.29, 0.717) is 42.9 Å². The lowest BCUT2D eigenvalue weighted by Gasteiger charge is -2.30. The van der Waals surface area contributed by atoms with E-state index in [1.54, 1.807) is 0 Å². The van der Waals surface area contributed by atoms with Gasteiger partial charge in [-0.1, -0.05) is 18.5 Å². The molecule has 0 saturated carbocycles. The van der Waals surface area contributed by atoms with E-state index in [-0.39, 0.29) is 11.7 Å². The number of esters is 1. The zero-order chi connectivity index (χ0) is 22.7. The Morgan fingerprint density at radius 1 is 1.03 bits per heavy atom. The van der Waals surface area contributed by atoms with Gasteiger partial charge in [-0.2, -0.15) is 0 Å². The number of benzene rings is 1. The van der Waals surface area contributed by atoms with Gasteiger partial charge in [-0.05, 0) is 92.7 Å². The molecule has 0 bridgehead atoms. The van der Waals surface area contributed by atoms with Crippen molar-refractivity contribution in [1.29, 1.82) is 0 Å². The molecule has 1 aromatic rings. The molecule has 5 heteroatoms. The Morgan fingerprint density at radius 2 is 1.74 bits per heavy atom. The topological polar surface area (TPSA) is 65.0 Å². The third kappa shape index (κ3) is 4.60. The lowest BCUT2D eigenvalue weighted by Crippen LogP contribution is -2.27. The molecule has 1 aromatic carbocycles. The molecule has 0 aliphatic heterocycles. The van der Waals surface area contributed by atoms with Crippen molar-refractivity contribution in [2.75, 3.05) is 6.61 Å². The first-order chi connectivity index (χ1) is 14.8. The van der Waals surface area contributed by atoms with Gasteiger partial charge in [-0.25, -0.2) is 0 Å². The molecular weight excluding hydrogens is 390 g/mol. The number of rotatable bonds is 7. The van der Waals surface area contributed by atoms with Gasteiger partial charge in [-0.15, -0.1) is 0 Å². The number of fused-ring (bicyclic) bond motifs is 1. The third-order valence-corrected chi connectivity index (χ3v) is 6.70. The van der Waals surface area contributed by atoms with Gasteiger partial charge in [0.25, 0.3) is 0 Å². The number of allylic oxidation sites excluding steroid dienone is 2. The first-order valence-electron chi connectivity index (χ1n) is 11.5. The number of carbonyl (C=O) groups is 2. The molecule has 2 aliphatic rings. The molecular formula is C26H35NO4. The predicted octanol–water partition coefficient (Wildman–Crippen LogP) is 5.56. The molecule has 3 rings (SSSR count). The monoisotopic (exact) mass is 425 g/mol. The molecule has 2 aliphatic carbocycles. The molecule has 0 saturated heterocycles. The predicted molar refractivity (Wildman–Crippen MR) is 122 cm³/mol. The standard InChI is InChI=1S/C26H35NO4/c1-7-10-22(27-30-8-2)26-23(29)13-19(14-24(26)31-18(6)28)25-17(5)15(3)16(4)20-11-9-12-21(20)25/h19H,7-14H2,1-6H3/b27-22+. The Labute approximate surface area is 185 Å². The van der Waals surface area contributed by atoms with Crippen LogP contribution >= 0.6 is 0 Å². The van der Waals surface area contributed by atoms with Crippen molar-refractivity contribution < 1.29 is 19.2 Å². The van der Waals surface area contributed by atoms with Crippen molar-refractivity contribution >= 4 is 17.5 Å². The average Bonchev–Trinajstić information content (AvgIpc) is 3.19. The number of oxime groups is 1. The summed E-state index contributed by atoms with van der Waals surface area (Å²) in [6.07, 6.45) is 5.69. The van der Waals surface area contributed by atoms with E-state index < -0.39 is 5.97 Å². The molecule has 0 amide bonds. The van der Waals surface area contributed by atoms with Crippen LogP contribution < -0.4 is 0 Å². The van der Waals surface area contributed by atoms with E-state index in [1.165, 1.54) is 40.3 Å². The van der Waals surface area contributed by atoms with Gasteiger partial charge < -0.3 is 9.57 Å². The van der Waals surface area contributed by atoms with E-state index in [0.717, 1.165) is 25.7 Å². The van der Waals surface area contributed by atoms with Gasteiger partial charge in [0.05, 0.1) is 11.3 Å². The van der Waals surface area contributed by atoms with E-state index in [1.807, 2.05) is 13.8 Å². The number of ether oxygens (including phenoxy) is 1. The Morgan fingerprint density at radius 3 is 2.39 bits per heavy atom. The maximum absolute atomic E-state index is 13.4. The highest BCUT2D eigenvalue weighted by Crippen LogP contribution is 2.43. The zero-order valence-electron chi connectivity index (χ0n) is 19.8. The molecule has 168 valence electrons. The van der Waals surface area contributed by atoms with Crippen LogP contribution in [0.2, 0.25) is 0 Å². The summed E-state index contributed by atoms with van der Waals surface area (Å²) in [7, 11) is 0. The van der Waals surface area contributed by atoms with Crippen molar-refractivity contribution in [3.8, 4) is 0 Å². The summed E-state index contributed by atoms with van der Waals surface area (Å²) < 4.78 is 5.63. The van der Waals surface area contributed by atoms with Crippen molar-refractivity contribution in [1.82, 2.24) is 0 Å². The summed E-state index contributed by atoms with van der Waals surface area (Å²) in [6, 6.07) is 0. The largest absolute Gasteiger partial charge is 0.430 e. The highest BCUT2D eigenvalue weighted by Gasteiger charge is 2.36. The molecule has 5 nitrogen and oxygen atoms in total. The molecule has 1 unspecified atom stereocenters. The van der Waals surface area contributed by atoms with Gasteiger partial charge in [0.2, 0.25) is 0 Å². The smallest absolute Gasteiger partial charge is 0.307 e. The van der Waals surface area contributed by atoms with Gasteiger partial charge in [0.1, 0.15) is 12.4 Å². The second-order valence-electron chi connectivity index (χ2n) is 8.73. The van der Waals surface area contributed by atoms with Gasteiger partial charge in [-0.3, -0.25) is 9.59 Å². The van der Waals surface area contributed by atoms with Crippen molar-refractivity contribution in [2.24, 2.45) is 5.16 Å². The lowest BCUT2D eigenvalue weighted by atomic mass is 9.75. The van der Waals surface area contributed by atoms with Crippen LogP contribution in [0.4, 0.5) is 0 Å². The van der Waals surface area contributed by atoms with Gasteiger partial charge >= 0.3 is 5.97 Å². The van der Waals surface area contributed by atoms with Crippen LogP contribution in [0, 0.1) is 20.8 Å². The number of ketones is 1. The van der Waals surface area contributed by atoms with Gasteiger partial charge in [0, 0.05) is 19.8 Å². The number of Topliss-reactive ketones (excluding diaryl/α,β-unsaturated/α-hetero) is 1. The molecule has 0 radical (unpaired) electrons. The van der Waals surface area contributed by atoms with E-state index >= 15 is 0 Å². The van der Waals surface area contributed by atoms with Crippen LogP contribution in [-0.4, -0.2) is 24.1 Å².